The van der Waals surface area contributed by atoms with Crippen LogP contribution in [0.4, 0.5) is 5.69 Å². The lowest BCUT2D eigenvalue weighted by molar-refractivity contribution is -0.128. The zero-order valence-electron chi connectivity index (χ0n) is 14.6. The third-order valence-corrected chi connectivity index (χ3v) is 3.52. The highest BCUT2D eigenvalue weighted by atomic mass is 16.5. The Morgan fingerprint density at radius 2 is 1.64 bits per heavy atom. The molecule has 1 N–H and O–H groups in total. The molecule has 6 nitrogen and oxygen atoms in total. The minimum absolute atomic E-state index is 0.0296. The van der Waals surface area contributed by atoms with Gasteiger partial charge in [0.15, 0.2) is 18.1 Å². The van der Waals surface area contributed by atoms with E-state index in [2.05, 4.69) is 5.32 Å². The van der Waals surface area contributed by atoms with Crippen molar-refractivity contribution in [3.8, 4) is 11.5 Å². The van der Waals surface area contributed by atoms with Crippen molar-refractivity contribution in [3.05, 3.63) is 54.1 Å². The second-order valence-electron chi connectivity index (χ2n) is 5.65. The molecule has 2 rings (SSSR count). The topological polar surface area (TPSA) is 67.9 Å². The monoisotopic (exact) mass is 342 g/mol. The molecule has 2 aromatic rings. The van der Waals surface area contributed by atoms with Crippen LogP contribution < -0.4 is 14.8 Å². The van der Waals surface area contributed by atoms with Crippen LogP contribution in [0.15, 0.2) is 48.5 Å². The number of para-hydroxylation sites is 2. The average Bonchev–Trinajstić information content (AvgIpc) is 2.61. The predicted octanol–water partition coefficient (Wildman–Crippen LogP) is 2.34. The summed E-state index contributed by atoms with van der Waals surface area (Å²) in [5.41, 5.74) is 1.54. The number of carbonyl (C=O) groups excluding carboxylic acids is 2. The van der Waals surface area contributed by atoms with E-state index in [1.165, 1.54) is 0 Å². The Morgan fingerprint density at radius 1 is 1.00 bits per heavy atom. The molecule has 0 heterocycles. The number of nitrogens with zero attached hydrogens (tertiary/aromatic N) is 1. The molecule has 2 amide bonds. The van der Waals surface area contributed by atoms with Crippen LogP contribution in [0, 0.1) is 0 Å². The zero-order chi connectivity index (χ0) is 18.2. The van der Waals surface area contributed by atoms with Crippen LogP contribution in [0.2, 0.25) is 0 Å². The molecule has 132 valence electrons. The smallest absolute Gasteiger partial charge is 0.262 e. The fourth-order valence-corrected chi connectivity index (χ4v) is 2.12. The molecule has 25 heavy (non-hydrogen) atoms. The molecule has 0 bridgehead atoms. The van der Waals surface area contributed by atoms with E-state index in [0.29, 0.717) is 23.6 Å². The van der Waals surface area contributed by atoms with E-state index in [1.807, 2.05) is 24.3 Å². The van der Waals surface area contributed by atoms with Crippen molar-refractivity contribution in [1.29, 1.82) is 0 Å². The minimum atomic E-state index is -0.275. The summed E-state index contributed by atoms with van der Waals surface area (Å²) >= 11 is 0. The molecular weight excluding hydrogens is 320 g/mol. The first-order chi connectivity index (χ1) is 12.0. The van der Waals surface area contributed by atoms with Crippen molar-refractivity contribution in [2.75, 3.05) is 33.1 Å². The number of methoxy groups -OCH3 is 1. The number of amides is 2. The molecular formula is C19H22N2O4. The lowest BCUT2D eigenvalue weighted by atomic mass is 10.1. The number of hydrogen-bond acceptors (Lipinski definition) is 4. The van der Waals surface area contributed by atoms with Crippen molar-refractivity contribution in [3.63, 3.8) is 0 Å². The van der Waals surface area contributed by atoms with Crippen LogP contribution in [-0.2, 0) is 16.0 Å². The van der Waals surface area contributed by atoms with E-state index in [-0.39, 0.29) is 18.4 Å². The van der Waals surface area contributed by atoms with Crippen molar-refractivity contribution in [2.24, 2.45) is 0 Å². The second-order valence-corrected chi connectivity index (χ2v) is 5.65. The number of likely N-dealkylation sites (N-methyl/N-ethyl adjacent to an activating group) is 1. The summed E-state index contributed by atoms with van der Waals surface area (Å²) < 4.78 is 10.6. The molecule has 0 aliphatic carbocycles. The number of anilines is 1. The Kier molecular flexibility index (Phi) is 6.39. The fourth-order valence-electron chi connectivity index (χ4n) is 2.12. The van der Waals surface area contributed by atoms with Crippen molar-refractivity contribution in [2.45, 2.75) is 6.42 Å². The number of hydrogen-bond donors (Lipinski definition) is 1. The highest BCUT2D eigenvalue weighted by molar-refractivity contribution is 5.92. The third kappa shape index (κ3) is 5.53. The Labute approximate surface area is 147 Å². The highest BCUT2D eigenvalue weighted by Crippen LogP contribution is 2.25. The van der Waals surface area contributed by atoms with E-state index in [9.17, 15) is 9.59 Å². The molecule has 0 fully saturated rings. The lowest BCUT2D eigenvalue weighted by Crippen LogP contribution is -2.23. The summed E-state index contributed by atoms with van der Waals surface area (Å²) in [5, 5.41) is 2.75. The van der Waals surface area contributed by atoms with Gasteiger partial charge in [-0.25, -0.2) is 0 Å². The summed E-state index contributed by atoms with van der Waals surface area (Å²) in [5.74, 6) is 0.841. The molecule has 0 saturated heterocycles. The van der Waals surface area contributed by atoms with Gasteiger partial charge in [0, 0.05) is 19.8 Å². The first kappa shape index (κ1) is 18.3. The third-order valence-electron chi connectivity index (χ3n) is 3.52. The summed E-state index contributed by atoms with van der Waals surface area (Å²) in [7, 11) is 4.99. The maximum Gasteiger partial charge on any atom is 0.262 e. The summed E-state index contributed by atoms with van der Waals surface area (Å²) in [6.45, 7) is -0.124. The largest absolute Gasteiger partial charge is 0.493 e. The molecule has 0 atom stereocenters. The van der Waals surface area contributed by atoms with Crippen LogP contribution in [0.3, 0.4) is 0 Å². The number of nitrogens with one attached hydrogen (secondary N) is 1. The number of benzene rings is 2. The summed E-state index contributed by atoms with van der Waals surface area (Å²) in [6.07, 6.45) is 0.331. The molecule has 0 saturated carbocycles. The Hall–Kier alpha value is -3.02. The van der Waals surface area contributed by atoms with Gasteiger partial charge >= 0.3 is 0 Å². The van der Waals surface area contributed by atoms with E-state index in [1.54, 1.807) is 50.4 Å². The van der Waals surface area contributed by atoms with Gasteiger partial charge in [0.2, 0.25) is 5.91 Å². The predicted molar refractivity (Wildman–Crippen MR) is 96.0 cm³/mol. The van der Waals surface area contributed by atoms with Gasteiger partial charge in [-0.2, -0.15) is 0 Å². The Balaban J connectivity index is 1.87. The number of ether oxygens (including phenoxy) is 2. The zero-order valence-corrected chi connectivity index (χ0v) is 14.6. The van der Waals surface area contributed by atoms with Gasteiger partial charge in [-0.3, -0.25) is 9.59 Å². The Bertz CT molecular complexity index is 726. The molecule has 0 radical (unpaired) electrons. The molecule has 0 spiro atoms. The van der Waals surface area contributed by atoms with Crippen LogP contribution in [0.25, 0.3) is 0 Å². The van der Waals surface area contributed by atoms with E-state index < -0.39 is 0 Å². The van der Waals surface area contributed by atoms with Crippen LogP contribution in [0.5, 0.6) is 11.5 Å². The lowest BCUT2D eigenvalue weighted by Gasteiger charge is -2.11. The van der Waals surface area contributed by atoms with E-state index in [4.69, 9.17) is 9.47 Å². The van der Waals surface area contributed by atoms with E-state index >= 15 is 0 Å². The van der Waals surface area contributed by atoms with Crippen LogP contribution in [-0.4, -0.2) is 44.5 Å². The average molecular weight is 342 g/mol. The normalized spacial score (nSPS) is 10.0. The maximum absolute atomic E-state index is 12.0. The fraction of sp³-hybridized carbons (Fsp3) is 0.263. The quantitative estimate of drug-likeness (QED) is 0.839. The van der Waals surface area contributed by atoms with Crippen molar-refractivity contribution in [1.82, 2.24) is 4.90 Å². The summed E-state index contributed by atoms with van der Waals surface area (Å²) in [4.78, 5) is 25.2. The molecule has 0 aromatic heterocycles. The van der Waals surface area contributed by atoms with Gasteiger partial charge in [0.05, 0.1) is 13.5 Å². The highest BCUT2D eigenvalue weighted by Gasteiger charge is 2.08. The van der Waals surface area contributed by atoms with Gasteiger partial charge in [-0.1, -0.05) is 24.3 Å². The number of rotatable bonds is 7. The number of carbonyl (C=O) groups is 2. The van der Waals surface area contributed by atoms with E-state index in [0.717, 1.165) is 5.56 Å². The molecule has 2 aromatic carbocycles. The molecule has 0 aliphatic rings. The SMILES string of the molecule is COc1ccccc1OCC(=O)Nc1ccc(CC(=O)N(C)C)cc1. The van der Waals surface area contributed by atoms with Gasteiger partial charge < -0.3 is 19.7 Å². The first-order valence-corrected chi connectivity index (χ1v) is 7.84. The standard InChI is InChI=1S/C19H22N2O4/c1-21(2)19(23)12-14-8-10-15(11-9-14)20-18(22)13-25-17-7-5-4-6-16(17)24-3/h4-11H,12-13H2,1-3H3,(H,20,22). The van der Waals surface area contributed by atoms with Crippen molar-refractivity contribution >= 4 is 17.5 Å². The van der Waals surface area contributed by atoms with Gasteiger partial charge in [0.1, 0.15) is 0 Å². The first-order valence-electron chi connectivity index (χ1n) is 7.84. The van der Waals surface area contributed by atoms with Crippen molar-refractivity contribution < 1.29 is 19.1 Å². The second kappa shape index (κ2) is 8.73. The van der Waals surface area contributed by atoms with Crippen LogP contribution >= 0.6 is 0 Å². The summed E-state index contributed by atoms with van der Waals surface area (Å²) in [6, 6.07) is 14.3. The van der Waals surface area contributed by atoms with Crippen LogP contribution in [0.1, 0.15) is 5.56 Å². The molecule has 0 aliphatic heterocycles. The molecule has 0 unspecified atom stereocenters. The maximum atomic E-state index is 12.0. The molecule has 6 heteroatoms. The minimum Gasteiger partial charge on any atom is -0.493 e. The van der Waals surface area contributed by atoms with Gasteiger partial charge in [0.25, 0.3) is 5.91 Å². The van der Waals surface area contributed by atoms with Gasteiger partial charge in [-0.05, 0) is 29.8 Å². The Morgan fingerprint density at radius 3 is 2.24 bits per heavy atom. The van der Waals surface area contributed by atoms with Gasteiger partial charge in [-0.15, -0.1) is 0 Å².